The van der Waals surface area contributed by atoms with Crippen molar-refractivity contribution in [3.8, 4) is 5.75 Å². The molecule has 0 saturated carbocycles. The van der Waals surface area contributed by atoms with Gasteiger partial charge in [-0.25, -0.2) is 4.39 Å². The molecule has 84 valence electrons. The molecule has 2 N–H and O–H groups in total. The predicted octanol–water partition coefficient (Wildman–Crippen LogP) is 0.999. The fraction of sp³-hybridized carbons (Fsp3) is 0.400. The van der Waals surface area contributed by atoms with Crippen molar-refractivity contribution in [3.63, 3.8) is 0 Å². The highest BCUT2D eigenvalue weighted by Crippen LogP contribution is 2.19. The summed E-state index contributed by atoms with van der Waals surface area (Å²) < 4.78 is 23.6. The summed E-state index contributed by atoms with van der Waals surface area (Å²) in [5.41, 5.74) is 0.511. The van der Waals surface area contributed by atoms with Crippen LogP contribution in [0.4, 0.5) is 4.39 Å². The third-order valence-electron chi connectivity index (χ3n) is 1.95. The minimum Gasteiger partial charge on any atom is -0.505 e. The topological polar surface area (TPSA) is 49.3 Å². The Morgan fingerprint density at radius 2 is 2.27 bits per heavy atom. The lowest BCUT2D eigenvalue weighted by molar-refractivity contribution is 0.423. The third kappa shape index (κ3) is 3.97. The molecular weight excluding hydrogens is 217 g/mol. The van der Waals surface area contributed by atoms with Gasteiger partial charge in [-0.2, -0.15) is 0 Å². The van der Waals surface area contributed by atoms with Crippen LogP contribution in [0.25, 0.3) is 0 Å². The van der Waals surface area contributed by atoms with E-state index in [1.165, 1.54) is 6.07 Å². The number of para-hydroxylation sites is 1. The highest BCUT2D eigenvalue weighted by atomic mass is 32.2. The summed E-state index contributed by atoms with van der Waals surface area (Å²) >= 11 is 0. The Kier molecular flexibility index (Phi) is 4.71. The lowest BCUT2D eigenvalue weighted by Gasteiger charge is -2.06. The molecule has 0 amide bonds. The van der Waals surface area contributed by atoms with Gasteiger partial charge in [0.15, 0.2) is 11.6 Å². The molecule has 1 aromatic rings. The first-order valence-electron chi connectivity index (χ1n) is 4.58. The fourth-order valence-corrected chi connectivity index (χ4v) is 1.57. The smallest absolute Gasteiger partial charge is 0.165 e. The van der Waals surface area contributed by atoms with Gasteiger partial charge < -0.3 is 10.4 Å². The number of hydrogen-bond acceptors (Lipinski definition) is 3. The first-order chi connectivity index (χ1) is 7.11. The molecule has 0 heterocycles. The van der Waals surface area contributed by atoms with Gasteiger partial charge in [0.2, 0.25) is 0 Å². The summed E-state index contributed by atoms with van der Waals surface area (Å²) in [5, 5.41) is 12.3. The quantitative estimate of drug-likeness (QED) is 0.743. The average molecular weight is 231 g/mol. The van der Waals surface area contributed by atoms with E-state index in [2.05, 4.69) is 5.32 Å². The molecular formula is C10H14FNO2S. The van der Waals surface area contributed by atoms with Crippen molar-refractivity contribution in [3.05, 3.63) is 29.6 Å². The number of benzene rings is 1. The Balaban J connectivity index is 2.44. The van der Waals surface area contributed by atoms with E-state index in [-0.39, 0.29) is 5.75 Å². The maximum absolute atomic E-state index is 12.9. The van der Waals surface area contributed by atoms with Crippen molar-refractivity contribution in [2.45, 2.75) is 6.54 Å². The van der Waals surface area contributed by atoms with Gasteiger partial charge in [0.1, 0.15) is 0 Å². The summed E-state index contributed by atoms with van der Waals surface area (Å²) in [6, 6.07) is 4.40. The minimum absolute atomic E-state index is 0.317. The van der Waals surface area contributed by atoms with Gasteiger partial charge in [-0.15, -0.1) is 0 Å². The Morgan fingerprint density at radius 1 is 1.53 bits per heavy atom. The Bertz CT molecular complexity index is 357. The maximum Gasteiger partial charge on any atom is 0.165 e. The standard InChI is InChI=1S/C10H14FNO2S/c1-15(14)6-5-12-7-8-3-2-4-9(11)10(8)13/h2-4,12-13H,5-7H2,1H3. The van der Waals surface area contributed by atoms with Crippen LogP contribution in [0.3, 0.4) is 0 Å². The van der Waals surface area contributed by atoms with Crippen molar-refractivity contribution >= 4 is 10.8 Å². The van der Waals surface area contributed by atoms with Gasteiger partial charge >= 0.3 is 0 Å². The van der Waals surface area contributed by atoms with E-state index < -0.39 is 16.6 Å². The minimum atomic E-state index is -0.832. The van der Waals surface area contributed by atoms with Crippen LogP contribution in [0.5, 0.6) is 5.75 Å². The molecule has 0 spiro atoms. The van der Waals surface area contributed by atoms with E-state index in [4.69, 9.17) is 0 Å². The Morgan fingerprint density at radius 3 is 2.93 bits per heavy atom. The van der Waals surface area contributed by atoms with Crippen LogP contribution in [0.2, 0.25) is 0 Å². The van der Waals surface area contributed by atoms with Crippen molar-refractivity contribution in [2.75, 3.05) is 18.6 Å². The normalized spacial score (nSPS) is 12.7. The van der Waals surface area contributed by atoms with Crippen LogP contribution in [0, 0.1) is 5.82 Å². The van der Waals surface area contributed by atoms with Gasteiger partial charge in [0, 0.05) is 41.5 Å². The van der Waals surface area contributed by atoms with Crippen LogP contribution in [0.1, 0.15) is 5.56 Å². The van der Waals surface area contributed by atoms with Gasteiger partial charge in [-0.3, -0.25) is 4.21 Å². The number of aromatic hydroxyl groups is 1. The average Bonchev–Trinajstić information content (AvgIpc) is 2.18. The predicted molar refractivity (Wildman–Crippen MR) is 58.7 cm³/mol. The highest BCUT2D eigenvalue weighted by Gasteiger charge is 2.05. The number of phenolic OH excluding ortho intramolecular Hbond substituents is 1. The van der Waals surface area contributed by atoms with Crippen molar-refractivity contribution in [1.29, 1.82) is 0 Å². The van der Waals surface area contributed by atoms with Crippen molar-refractivity contribution < 1.29 is 13.7 Å². The molecule has 1 aromatic carbocycles. The van der Waals surface area contributed by atoms with E-state index >= 15 is 0 Å². The molecule has 5 heteroatoms. The first kappa shape index (κ1) is 12.1. The molecule has 0 aliphatic heterocycles. The van der Waals surface area contributed by atoms with Crippen molar-refractivity contribution in [1.82, 2.24) is 5.32 Å². The summed E-state index contributed by atoms with van der Waals surface area (Å²) in [4.78, 5) is 0. The van der Waals surface area contributed by atoms with Crippen LogP contribution < -0.4 is 5.32 Å². The van der Waals surface area contributed by atoms with Gasteiger partial charge in [-0.05, 0) is 6.07 Å². The molecule has 1 rings (SSSR count). The number of halogens is 1. The Hall–Kier alpha value is -0.940. The van der Waals surface area contributed by atoms with Gasteiger partial charge in [0.25, 0.3) is 0 Å². The zero-order chi connectivity index (χ0) is 11.3. The monoisotopic (exact) mass is 231 g/mol. The summed E-state index contributed by atoms with van der Waals surface area (Å²) in [5.74, 6) is -0.383. The second kappa shape index (κ2) is 5.82. The molecule has 0 radical (unpaired) electrons. The number of nitrogens with one attached hydrogen (secondary N) is 1. The van der Waals surface area contributed by atoms with Crippen molar-refractivity contribution in [2.24, 2.45) is 0 Å². The lowest BCUT2D eigenvalue weighted by Crippen LogP contribution is -2.19. The molecule has 0 aromatic heterocycles. The molecule has 1 atom stereocenters. The van der Waals surface area contributed by atoms with Crippen LogP contribution in [0.15, 0.2) is 18.2 Å². The molecule has 0 saturated heterocycles. The maximum atomic E-state index is 12.9. The fourth-order valence-electron chi connectivity index (χ4n) is 1.14. The Labute approximate surface area is 90.8 Å². The molecule has 3 nitrogen and oxygen atoms in total. The van der Waals surface area contributed by atoms with Crippen LogP contribution >= 0.6 is 0 Å². The molecule has 15 heavy (non-hydrogen) atoms. The van der Waals surface area contributed by atoms with E-state index in [1.54, 1.807) is 18.4 Å². The zero-order valence-electron chi connectivity index (χ0n) is 8.50. The summed E-state index contributed by atoms with van der Waals surface area (Å²) in [7, 11) is -0.832. The lowest BCUT2D eigenvalue weighted by atomic mass is 10.2. The molecule has 0 fully saturated rings. The van der Waals surface area contributed by atoms with E-state index in [0.29, 0.717) is 24.4 Å². The number of rotatable bonds is 5. The third-order valence-corrected chi connectivity index (χ3v) is 2.73. The molecule has 0 aliphatic rings. The van der Waals surface area contributed by atoms with Gasteiger partial charge in [0.05, 0.1) is 0 Å². The molecule has 1 unspecified atom stereocenters. The second-order valence-electron chi connectivity index (χ2n) is 3.20. The van der Waals surface area contributed by atoms with E-state index in [1.807, 2.05) is 0 Å². The second-order valence-corrected chi connectivity index (χ2v) is 4.76. The van der Waals surface area contributed by atoms with E-state index in [0.717, 1.165) is 0 Å². The summed E-state index contributed by atoms with van der Waals surface area (Å²) in [6.07, 6.45) is 1.63. The SMILES string of the molecule is CS(=O)CCNCc1cccc(F)c1O. The van der Waals surface area contributed by atoms with Crippen LogP contribution in [-0.2, 0) is 17.3 Å². The largest absolute Gasteiger partial charge is 0.505 e. The van der Waals surface area contributed by atoms with Crippen LogP contribution in [-0.4, -0.2) is 27.9 Å². The number of phenols is 1. The highest BCUT2D eigenvalue weighted by molar-refractivity contribution is 7.84. The zero-order valence-corrected chi connectivity index (χ0v) is 9.31. The molecule has 0 bridgehead atoms. The summed E-state index contributed by atoms with van der Waals surface area (Å²) in [6.45, 7) is 0.958. The first-order valence-corrected chi connectivity index (χ1v) is 6.31. The van der Waals surface area contributed by atoms with Gasteiger partial charge in [-0.1, -0.05) is 12.1 Å². The number of hydrogen-bond donors (Lipinski definition) is 2. The van der Waals surface area contributed by atoms with E-state index in [9.17, 15) is 13.7 Å². The molecule has 0 aliphatic carbocycles.